The lowest BCUT2D eigenvalue weighted by atomic mass is 10.1. The number of carbonyl (C=O) groups is 1. The Labute approximate surface area is 143 Å². The van der Waals surface area contributed by atoms with E-state index < -0.39 is 5.82 Å². The van der Waals surface area contributed by atoms with Crippen LogP contribution in [-0.2, 0) is 6.54 Å². The van der Waals surface area contributed by atoms with Crippen molar-refractivity contribution < 1.29 is 13.9 Å². The third-order valence-electron chi connectivity index (χ3n) is 3.63. The molecule has 3 aromatic rings. The number of amides is 1. The fourth-order valence-electron chi connectivity index (χ4n) is 2.38. The number of thiophene rings is 1. The first-order valence-corrected chi connectivity index (χ1v) is 8.30. The first kappa shape index (κ1) is 16.2. The number of methoxy groups -OCH3 is 1. The summed E-state index contributed by atoms with van der Waals surface area (Å²) >= 11 is 1.56. The van der Waals surface area contributed by atoms with Gasteiger partial charge in [0.1, 0.15) is 11.6 Å². The second-order valence-electron chi connectivity index (χ2n) is 5.15. The quantitative estimate of drug-likeness (QED) is 0.671. The van der Waals surface area contributed by atoms with Gasteiger partial charge in [-0.25, -0.2) is 4.39 Å². The van der Waals surface area contributed by atoms with Gasteiger partial charge >= 0.3 is 0 Å². The number of rotatable bonds is 5. The zero-order chi connectivity index (χ0) is 16.9. The third-order valence-corrected chi connectivity index (χ3v) is 4.49. The van der Waals surface area contributed by atoms with E-state index in [2.05, 4.69) is 0 Å². The Balaban J connectivity index is 1.97. The maximum Gasteiger partial charge on any atom is 0.261 e. The minimum atomic E-state index is -0.521. The number of benzene rings is 2. The molecule has 2 aromatic carbocycles. The van der Waals surface area contributed by atoms with E-state index in [4.69, 9.17) is 4.74 Å². The maximum atomic E-state index is 14.0. The highest BCUT2D eigenvalue weighted by molar-refractivity contribution is 7.09. The Kier molecular flexibility index (Phi) is 4.91. The second kappa shape index (κ2) is 7.27. The van der Waals surface area contributed by atoms with E-state index >= 15 is 0 Å². The minimum absolute atomic E-state index is 0.0601. The van der Waals surface area contributed by atoms with Crippen LogP contribution in [-0.4, -0.2) is 13.0 Å². The van der Waals surface area contributed by atoms with Crippen molar-refractivity contribution >= 4 is 22.9 Å². The summed E-state index contributed by atoms with van der Waals surface area (Å²) in [5.74, 6) is -0.188. The summed E-state index contributed by atoms with van der Waals surface area (Å²) in [6.07, 6.45) is 0. The van der Waals surface area contributed by atoms with Crippen molar-refractivity contribution in [3.05, 3.63) is 82.3 Å². The molecule has 1 aromatic heterocycles. The van der Waals surface area contributed by atoms with Crippen LogP contribution in [0.3, 0.4) is 0 Å². The number of nitrogens with zero attached hydrogens (tertiary/aromatic N) is 1. The summed E-state index contributed by atoms with van der Waals surface area (Å²) in [6.45, 7) is 0.386. The predicted molar refractivity (Wildman–Crippen MR) is 94.2 cm³/mol. The van der Waals surface area contributed by atoms with Crippen molar-refractivity contribution in [1.29, 1.82) is 0 Å². The molecule has 0 atom stereocenters. The molecule has 5 heteroatoms. The summed E-state index contributed by atoms with van der Waals surface area (Å²) in [6, 6.07) is 17.1. The molecule has 0 saturated heterocycles. The van der Waals surface area contributed by atoms with Gasteiger partial charge in [0.25, 0.3) is 5.91 Å². The Morgan fingerprint density at radius 3 is 2.46 bits per heavy atom. The molecule has 0 aliphatic rings. The molecule has 122 valence electrons. The second-order valence-corrected chi connectivity index (χ2v) is 6.18. The first-order valence-electron chi connectivity index (χ1n) is 7.42. The molecule has 3 rings (SSSR count). The summed E-state index contributed by atoms with van der Waals surface area (Å²) in [5.41, 5.74) is 0.752. The van der Waals surface area contributed by atoms with Gasteiger partial charge in [0.2, 0.25) is 0 Å². The lowest BCUT2D eigenvalue weighted by Gasteiger charge is -2.23. The Morgan fingerprint density at radius 1 is 1.08 bits per heavy atom. The van der Waals surface area contributed by atoms with Crippen LogP contribution in [0, 0.1) is 5.82 Å². The van der Waals surface area contributed by atoms with Crippen LogP contribution in [0.4, 0.5) is 10.1 Å². The van der Waals surface area contributed by atoms with Gasteiger partial charge in [-0.05, 0) is 47.8 Å². The van der Waals surface area contributed by atoms with E-state index in [0.29, 0.717) is 18.0 Å². The maximum absolute atomic E-state index is 14.0. The lowest BCUT2D eigenvalue weighted by molar-refractivity contribution is 0.0981. The van der Waals surface area contributed by atoms with Crippen LogP contribution in [0.5, 0.6) is 5.75 Å². The van der Waals surface area contributed by atoms with Gasteiger partial charge < -0.3 is 9.64 Å². The average Bonchev–Trinajstić information content (AvgIpc) is 3.13. The van der Waals surface area contributed by atoms with Crippen LogP contribution in [0.1, 0.15) is 15.2 Å². The fourth-order valence-corrected chi connectivity index (χ4v) is 3.07. The highest BCUT2D eigenvalue weighted by atomic mass is 32.1. The molecule has 0 radical (unpaired) electrons. The van der Waals surface area contributed by atoms with Crippen molar-refractivity contribution in [3.8, 4) is 5.75 Å². The molecule has 0 fully saturated rings. The highest BCUT2D eigenvalue weighted by Crippen LogP contribution is 2.25. The Morgan fingerprint density at radius 2 is 1.83 bits per heavy atom. The lowest BCUT2D eigenvalue weighted by Crippen LogP contribution is -2.30. The monoisotopic (exact) mass is 341 g/mol. The molecule has 3 nitrogen and oxygen atoms in total. The van der Waals surface area contributed by atoms with Crippen molar-refractivity contribution in [1.82, 2.24) is 0 Å². The fraction of sp³-hybridized carbons (Fsp3) is 0.105. The zero-order valence-electron chi connectivity index (χ0n) is 13.1. The normalized spacial score (nSPS) is 10.4. The zero-order valence-corrected chi connectivity index (χ0v) is 13.9. The highest BCUT2D eigenvalue weighted by Gasteiger charge is 2.21. The molecule has 0 bridgehead atoms. The molecule has 1 heterocycles. The molecule has 0 unspecified atom stereocenters. The molecule has 0 N–H and O–H groups in total. The summed E-state index contributed by atoms with van der Waals surface area (Å²) < 4.78 is 19.2. The number of carbonyl (C=O) groups excluding carboxylic acids is 1. The third kappa shape index (κ3) is 3.46. The van der Waals surface area contributed by atoms with Crippen LogP contribution in [0.2, 0.25) is 0 Å². The predicted octanol–water partition coefficient (Wildman–Crippen LogP) is 4.74. The van der Waals surface area contributed by atoms with Crippen molar-refractivity contribution in [2.45, 2.75) is 6.54 Å². The number of anilines is 1. The number of ether oxygens (including phenoxy) is 1. The van der Waals surface area contributed by atoms with Crippen molar-refractivity contribution in [2.75, 3.05) is 12.0 Å². The van der Waals surface area contributed by atoms with E-state index in [1.807, 2.05) is 17.5 Å². The van der Waals surface area contributed by atoms with E-state index in [1.165, 1.54) is 12.1 Å². The molecule has 0 spiro atoms. The SMILES string of the molecule is COc1ccc(N(Cc2cccs2)C(=O)c2ccccc2F)cc1. The topological polar surface area (TPSA) is 29.5 Å². The Bertz CT molecular complexity index is 816. The van der Waals surface area contributed by atoms with E-state index in [-0.39, 0.29) is 11.5 Å². The minimum Gasteiger partial charge on any atom is -0.497 e. The van der Waals surface area contributed by atoms with Gasteiger partial charge in [0.15, 0.2) is 0 Å². The Hall–Kier alpha value is -2.66. The van der Waals surface area contributed by atoms with E-state index in [9.17, 15) is 9.18 Å². The number of hydrogen-bond acceptors (Lipinski definition) is 3. The largest absolute Gasteiger partial charge is 0.497 e. The van der Waals surface area contributed by atoms with Gasteiger partial charge in [0.05, 0.1) is 19.2 Å². The average molecular weight is 341 g/mol. The molecule has 0 saturated carbocycles. The van der Waals surface area contributed by atoms with E-state index in [1.54, 1.807) is 59.7 Å². The molecule has 1 amide bonds. The molecular weight excluding hydrogens is 325 g/mol. The summed E-state index contributed by atoms with van der Waals surface area (Å²) in [7, 11) is 1.59. The van der Waals surface area contributed by atoms with Gasteiger partial charge in [0, 0.05) is 10.6 Å². The first-order chi connectivity index (χ1) is 11.7. The van der Waals surface area contributed by atoms with Gasteiger partial charge in [-0.3, -0.25) is 4.79 Å². The molecule has 24 heavy (non-hydrogen) atoms. The standard InChI is InChI=1S/C19H16FNO2S/c1-23-15-10-8-14(9-11-15)21(13-16-5-4-12-24-16)19(22)17-6-2-3-7-18(17)20/h2-12H,13H2,1H3. The summed E-state index contributed by atoms with van der Waals surface area (Å²) in [5, 5.41) is 1.95. The molecule has 0 aliphatic heterocycles. The number of hydrogen-bond donors (Lipinski definition) is 0. The molecule has 0 aliphatic carbocycles. The smallest absolute Gasteiger partial charge is 0.261 e. The van der Waals surface area contributed by atoms with Crippen LogP contribution < -0.4 is 9.64 Å². The van der Waals surface area contributed by atoms with Crippen molar-refractivity contribution in [3.63, 3.8) is 0 Å². The van der Waals surface area contributed by atoms with Gasteiger partial charge in [-0.2, -0.15) is 0 Å². The van der Waals surface area contributed by atoms with Crippen molar-refractivity contribution in [2.24, 2.45) is 0 Å². The molecular formula is C19H16FNO2S. The van der Waals surface area contributed by atoms with Gasteiger partial charge in [-0.1, -0.05) is 18.2 Å². The van der Waals surface area contributed by atoms with E-state index in [0.717, 1.165) is 4.88 Å². The summed E-state index contributed by atoms with van der Waals surface area (Å²) in [4.78, 5) is 15.5. The van der Waals surface area contributed by atoms with Crippen LogP contribution >= 0.6 is 11.3 Å². The van der Waals surface area contributed by atoms with Crippen LogP contribution in [0.15, 0.2) is 66.0 Å². The number of halogens is 1. The van der Waals surface area contributed by atoms with Gasteiger partial charge in [-0.15, -0.1) is 11.3 Å². The van der Waals surface area contributed by atoms with Crippen LogP contribution in [0.25, 0.3) is 0 Å².